The lowest BCUT2D eigenvalue weighted by Gasteiger charge is -2.30. The Labute approximate surface area is 88.7 Å². The number of primary amides is 1. The van der Waals surface area contributed by atoms with Crippen LogP contribution in [-0.4, -0.2) is 28.0 Å². The summed E-state index contributed by atoms with van der Waals surface area (Å²) in [6.07, 6.45) is 7.39. The third-order valence-corrected chi connectivity index (χ3v) is 3.15. The van der Waals surface area contributed by atoms with Gasteiger partial charge in [0.1, 0.15) is 5.54 Å². The lowest BCUT2D eigenvalue weighted by Crippen LogP contribution is -2.58. The monoisotopic (exact) mass is 208 g/mol. The fourth-order valence-corrected chi connectivity index (χ4v) is 2.06. The highest BCUT2D eigenvalue weighted by Gasteiger charge is 2.48. The number of nitrogens with one attached hydrogen (secondary N) is 1. The molecule has 1 aliphatic carbocycles. The lowest BCUT2D eigenvalue weighted by atomic mass is 9.92. The molecule has 1 unspecified atom stereocenters. The van der Waals surface area contributed by atoms with Gasteiger partial charge in [-0.05, 0) is 25.8 Å². The molecule has 1 amide bonds. The molecule has 5 nitrogen and oxygen atoms in total. The number of aromatic nitrogens is 2. The topological polar surface area (TPSA) is 72.9 Å². The molecule has 0 radical (unpaired) electrons. The molecule has 3 N–H and O–H groups in total. The normalized spacial score (nSPS) is 19.8. The number of nitrogens with two attached hydrogens (primary N) is 1. The summed E-state index contributed by atoms with van der Waals surface area (Å²) in [4.78, 5) is 15.5. The zero-order valence-electron chi connectivity index (χ0n) is 8.81. The highest BCUT2D eigenvalue weighted by atomic mass is 16.1. The van der Waals surface area contributed by atoms with E-state index in [0.717, 1.165) is 12.8 Å². The first kappa shape index (κ1) is 10.2. The van der Waals surface area contributed by atoms with E-state index in [2.05, 4.69) is 10.3 Å². The van der Waals surface area contributed by atoms with Gasteiger partial charge in [-0.25, -0.2) is 4.98 Å². The smallest absolute Gasteiger partial charge is 0.239 e. The number of amides is 1. The molecule has 1 saturated carbocycles. The van der Waals surface area contributed by atoms with Gasteiger partial charge in [0.25, 0.3) is 0 Å². The molecular formula is C10H16N4O. The molecule has 0 spiro atoms. The molecule has 5 heteroatoms. The maximum atomic E-state index is 11.6. The van der Waals surface area contributed by atoms with E-state index in [1.807, 2.05) is 10.8 Å². The molecule has 82 valence electrons. The second-order valence-corrected chi connectivity index (χ2v) is 4.09. The Morgan fingerprint density at radius 2 is 2.47 bits per heavy atom. The minimum atomic E-state index is -0.610. The summed E-state index contributed by atoms with van der Waals surface area (Å²) in [5, 5.41) is 3.09. The van der Waals surface area contributed by atoms with E-state index in [-0.39, 0.29) is 5.91 Å². The van der Waals surface area contributed by atoms with E-state index in [0.29, 0.717) is 12.5 Å². The Morgan fingerprint density at radius 3 is 2.87 bits per heavy atom. The van der Waals surface area contributed by atoms with Crippen molar-refractivity contribution >= 4 is 5.91 Å². The van der Waals surface area contributed by atoms with Crippen LogP contribution in [0.1, 0.15) is 12.8 Å². The fraction of sp³-hybridized carbons (Fsp3) is 0.600. The third kappa shape index (κ3) is 1.74. The molecule has 0 aromatic carbocycles. The molecule has 15 heavy (non-hydrogen) atoms. The molecule has 0 aliphatic heterocycles. The van der Waals surface area contributed by atoms with E-state index in [4.69, 9.17) is 5.73 Å². The van der Waals surface area contributed by atoms with Crippen molar-refractivity contribution in [3.05, 3.63) is 18.7 Å². The molecule has 1 aromatic rings. The number of carbonyl (C=O) groups is 1. The van der Waals surface area contributed by atoms with Crippen LogP contribution in [-0.2, 0) is 11.3 Å². The van der Waals surface area contributed by atoms with Crippen molar-refractivity contribution in [3.63, 3.8) is 0 Å². The third-order valence-electron chi connectivity index (χ3n) is 3.15. The number of likely N-dealkylation sites (N-methyl/N-ethyl adjacent to an activating group) is 1. The van der Waals surface area contributed by atoms with Gasteiger partial charge < -0.3 is 15.6 Å². The number of hydrogen-bond acceptors (Lipinski definition) is 3. The number of carbonyl (C=O) groups excluding carboxylic acids is 1. The minimum absolute atomic E-state index is 0.277. The molecule has 1 aromatic heterocycles. The predicted octanol–water partition coefficient (Wildman–Crippen LogP) is -0.263. The summed E-state index contributed by atoms with van der Waals surface area (Å²) in [5.41, 5.74) is 4.89. The van der Waals surface area contributed by atoms with Crippen LogP contribution in [0.25, 0.3) is 0 Å². The Morgan fingerprint density at radius 1 is 1.73 bits per heavy atom. The van der Waals surface area contributed by atoms with Crippen LogP contribution in [0.3, 0.4) is 0 Å². The first-order valence-corrected chi connectivity index (χ1v) is 5.13. The number of hydrogen-bond donors (Lipinski definition) is 2. The number of rotatable bonds is 5. The number of nitrogens with zero attached hydrogens (tertiary/aromatic N) is 2. The largest absolute Gasteiger partial charge is 0.368 e. The van der Waals surface area contributed by atoms with Gasteiger partial charge >= 0.3 is 0 Å². The average molecular weight is 208 g/mol. The zero-order chi connectivity index (χ0) is 10.9. The van der Waals surface area contributed by atoms with Crippen LogP contribution in [0.5, 0.6) is 0 Å². The standard InChI is InChI=1S/C10H16N4O/c1-12-10(9(11)15,8-2-3-8)6-14-5-4-13-7-14/h4-5,7-8,12H,2-3,6H2,1H3,(H2,11,15). The van der Waals surface area contributed by atoms with Gasteiger partial charge in [-0.3, -0.25) is 4.79 Å². The molecule has 1 heterocycles. The lowest BCUT2D eigenvalue weighted by molar-refractivity contribution is -0.125. The van der Waals surface area contributed by atoms with Crippen LogP contribution in [0.2, 0.25) is 0 Å². The van der Waals surface area contributed by atoms with E-state index >= 15 is 0 Å². The summed E-state index contributed by atoms with van der Waals surface area (Å²) in [6, 6.07) is 0. The summed E-state index contributed by atoms with van der Waals surface area (Å²) in [7, 11) is 1.79. The maximum Gasteiger partial charge on any atom is 0.239 e. The molecule has 2 rings (SSSR count). The van der Waals surface area contributed by atoms with Gasteiger partial charge in [-0.15, -0.1) is 0 Å². The SMILES string of the molecule is CNC(Cn1ccnc1)(C(N)=O)C1CC1. The zero-order valence-corrected chi connectivity index (χ0v) is 8.81. The van der Waals surface area contributed by atoms with Gasteiger partial charge in [0.15, 0.2) is 0 Å². The Bertz CT molecular complexity index is 344. The van der Waals surface area contributed by atoms with Crippen molar-refractivity contribution in [2.75, 3.05) is 7.05 Å². The van der Waals surface area contributed by atoms with Crippen molar-refractivity contribution in [2.45, 2.75) is 24.9 Å². The Kier molecular flexibility index (Phi) is 2.48. The van der Waals surface area contributed by atoms with Crippen LogP contribution >= 0.6 is 0 Å². The van der Waals surface area contributed by atoms with Crippen LogP contribution in [0, 0.1) is 5.92 Å². The molecular weight excluding hydrogens is 192 g/mol. The van der Waals surface area contributed by atoms with Crippen LogP contribution in [0.15, 0.2) is 18.7 Å². The Balaban J connectivity index is 2.21. The van der Waals surface area contributed by atoms with Gasteiger partial charge in [-0.2, -0.15) is 0 Å². The van der Waals surface area contributed by atoms with E-state index < -0.39 is 5.54 Å². The van der Waals surface area contributed by atoms with Crippen molar-refractivity contribution in [1.82, 2.24) is 14.9 Å². The average Bonchev–Trinajstić information content (AvgIpc) is 2.94. The summed E-state index contributed by atoms with van der Waals surface area (Å²) < 4.78 is 1.89. The summed E-state index contributed by atoms with van der Waals surface area (Å²) in [5.74, 6) is 0.0867. The molecule has 1 atom stereocenters. The highest BCUT2D eigenvalue weighted by molar-refractivity contribution is 5.85. The first-order valence-electron chi connectivity index (χ1n) is 5.13. The van der Waals surface area contributed by atoms with Crippen LogP contribution < -0.4 is 11.1 Å². The Hall–Kier alpha value is -1.36. The first-order chi connectivity index (χ1) is 7.19. The van der Waals surface area contributed by atoms with E-state index in [1.165, 1.54) is 0 Å². The second kappa shape index (κ2) is 3.66. The highest BCUT2D eigenvalue weighted by Crippen LogP contribution is 2.40. The van der Waals surface area contributed by atoms with Crippen LogP contribution in [0.4, 0.5) is 0 Å². The van der Waals surface area contributed by atoms with Gasteiger partial charge in [0.2, 0.25) is 5.91 Å². The summed E-state index contributed by atoms with van der Waals surface area (Å²) >= 11 is 0. The van der Waals surface area contributed by atoms with Crippen molar-refractivity contribution in [3.8, 4) is 0 Å². The molecule has 1 aliphatic rings. The van der Waals surface area contributed by atoms with Crippen molar-refractivity contribution in [2.24, 2.45) is 11.7 Å². The quantitative estimate of drug-likeness (QED) is 0.700. The van der Waals surface area contributed by atoms with Crippen molar-refractivity contribution < 1.29 is 4.79 Å². The van der Waals surface area contributed by atoms with Gasteiger partial charge in [0, 0.05) is 12.4 Å². The second-order valence-electron chi connectivity index (χ2n) is 4.09. The minimum Gasteiger partial charge on any atom is -0.368 e. The van der Waals surface area contributed by atoms with E-state index in [9.17, 15) is 4.79 Å². The molecule has 0 bridgehead atoms. The maximum absolute atomic E-state index is 11.6. The van der Waals surface area contributed by atoms with E-state index in [1.54, 1.807) is 19.6 Å². The van der Waals surface area contributed by atoms with Gasteiger partial charge in [-0.1, -0.05) is 0 Å². The fourth-order valence-electron chi connectivity index (χ4n) is 2.06. The molecule has 1 fully saturated rings. The molecule has 0 saturated heterocycles. The predicted molar refractivity (Wildman–Crippen MR) is 55.9 cm³/mol. The van der Waals surface area contributed by atoms with Gasteiger partial charge in [0.05, 0.1) is 12.9 Å². The van der Waals surface area contributed by atoms with Crippen molar-refractivity contribution in [1.29, 1.82) is 0 Å². The summed E-state index contributed by atoms with van der Waals surface area (Å²) in [6.45, 7) is 0.559. The number of imidazole rings is 1.